The fraction of sp³-hybridized carbons (Fsp3) is 0.519. The van der Waals surface area contributed by atoms with Gasteiger partial charge in [-0.3, -0.25) is 4.79 Å². The predicted octanol–water partition coefficient (Wildman–Crippen LogP) is 4.46. The molecule has 0 saturated carbocycles. The van der Waals surface area contributed by atoms with E-state index in [2.05, 4.69) is 54.4 Å². The fourth-order valence-corrected chi connectivity index (χ4v) is 4.68. The van der Waals surface area contributed by atoms with Gasteiger partial charge in [0.1, 0.15) is 11.9 Å². The number of piperidine rings is 1. The van der Waals surface area contributed by atoms with E-state index < -0.39 is 0 Å². The van der Waals surface area contributed by atoms with Gasteiger partial charge in [-0.2, -0.15) is 0 Å². The van der Waals surface area contributed by atoms with Crippen LogP contribution < -0.4 is 10.1 Å². The molecule has 2 aromatic rings. The van der Waals surface area contributed by atoms with E-state index in [-0.39, 0.29) is 23.7 Å². The highest BCUT2D eigenvalue weighted by atomic mass is 16.5. The van der Waals surface area contributed by atoms with Crippen molar-refractivity contribution in [1.29, 1.82) is 0 Å². The third kappa shape index (κ3) is 6.57. The fourth-order valence-electron chi connectivity index (χ4n) is 4.68. The minimum Gasteiger partial charge on any atom is -0.490 e. The average molecular weight is 437 g/mol. The number of carbonyl (C=O) groups is 1. The van der Waals surface area contributed by atoms with Crippen LogP contribution in [-0.2, 0) is 11.2 Å². The lowest BCUT2D eigenvalue weighted by atomic mass is 9.94. The molecule has 2 heterocycles. The smallest absolute Gasteiger partial charge is 0.251 e. The zero-order chi connectivity index (χ0) is 22.4. The topological polar surface area (TPSA) is 50.8 Å². The summed E-state index contributed by atoms with van der Waals surface area (Å²) in [7, 11) is 0. The van der Waals surface area contributed by atoms with Gasteiger partial charge in [0.15, 0.2) is 0 Å². The molecule has 32 heavy (non-hydrogen) atoms. The number of carbonyl (C=O) groups excluding carboxylic acids is 1. The Labute approximate surface area is 192 Å². The Balaban J connectivity index is 1.20. The molecule has 2 saturated heterocycles. The first-order valence-corrected chi connectivity index (χ1v) is 11.9. The van der Waals surface area contributed by atoms with Gasteiger partial charge in [-0.05, 0) is 75.8 Å². The highest BCUT2D eigenvalue weighted by molar-refractivity contribution is 5.94. The standard InChI is InChI=1S/C27H36N2O3/c1-27(2)20-23(15-19-31-27)28-26(30)22-8-10-24(11-9-22)32-25-13-17-29(18-14-25)16-12-21-6-4-3-5-7-21/h3-11,23,25H,12-20H2,1-2H3,(H,28,30)/t23-/m0/s1. The third-order valence-electron chi connectivity index (χ3n) is 6.55. The van der Waals surface area contributed by atoms with Crippen LogP contribution in [0.15, 0.2) is 54.6 Å². The summed E-state index contributed by atoms with van der Waals surface area (Å²) in [5.74, 6) is 0.822. The molecular weight excluding hydrogens is 400 g/mol. The molecule has 0 radical (unpaired) electrons. The zero-order valence-corrected chi connectivity index (χ0v) is 19.4. The molecule has 0 unspecified atom stereocenters. The lowest BCUT2D eigenvalue weighted by Gasteiger charge is -2.35. The van der Waals surface area contributed by atoms with Crippen molar-refractivity contribution < 1.29 is 14.3 Å². The van der Waals surface area contributed by atoms with Crippen LogP contribution in [0, 0.1) is 0 Å². The van der Waals surface area contributed by atoms with Crippen molar-refractivity contribution in [3.8, 4) is 5.75 Å². The van der Waals surface area contributed by atoms with E-state index in [0.29, 0.717) is 12.2 Å². The first-order chi connectivity index (χ1) is 15.5. The van der Waals surface area contributed by atoms with Gasteiger partial charge in [0.25, 0.3) is 5.91 Å². The first-order valence-electron chi connectivity index (χ1n) is 11.9. The second-order valence-electron chi connectivity index (χ2n) is 9.69. The highest BCUT2D eigenvalue weighted by Gasteiger charge is 2.29. The number of hydrogen-bond acceptors (Lipinski definition) is 4. The second-order valence-corrected chi connectivity index (χ2v) is 9.69. The maximum atomic E-state index is 12.6. The summed E-state index contributed by atoms with van der Waals surface area (Å²) in [4.78, 5) is 15.2. The van der Waals surface area contributed by atoms with E-state index in [9.17, 15) is 4.79 Å². The quantitative estimate of drug-likeness (QED) is 0.696. The van der Waals surface area contributed by atoms with Crippen molar-refractivity contribution in [3.63, 3.8) is 0 Å². The Bertz CT molecular complexity index is 858. The first kappa shape index (κ1) is 22.8. The van der Waals surface area contributed by atoms with Gasteiger partial charge in [-0.25, -0.2) is 0 Å². The van der Waals surface area contributed by atoms with Crippen LogP contribution in [0.1, 0.15) is 55.5 Å². The number of ether oxygens (including phenoxy) is 2. The van der Waals surface area contributed by atoms with Crippen LogP contribution in [0.5, 0.6) is 5.75 Å². The summed E-state index contributed by atoms with van der Waals surface area (Å²) < 4.78 is 11.9. The molecule has 4 rings (SSSR count). The lowest BCUT2D eigenvalue weighted by Crippen LogP contribution is -2.45. The van der Waals surface area contributed by atoms with Crippen LogP contribution in [0.4, 0.5) is 0 Å². The number of amides is 1. The Morgan fingerprint density at radius 3 is 2.47 bits per heavy atom. The molecule has 0 spiro atoms. The van der Waals surface area contributed by atoms with Crippen LogP contribution >= 0.6 is 0 Å². The maximum absolute atomic E-state index is 12.6. The number of benzene rings is 2. The Hall–Kier alpha value is -2.37. The SMILES string of the molecule is CC1(C)C[C@@H](NC(=O)c2ccc(OC3CCN(CCc4ccccc4)CC3)cc2)CCO1. The van der Waals surface area contributed by atoms with Crippen LogP contribution in [-0.4, -0.2) is 54.8 Å². The van der Waals surface area contributed by atoms with Crippen LogP contribution in [0.25, 0.3) is 0 Å². The Morgan fingerprint density at radius 1 is 1.06 bits per heavy atom. The number of nitrogens with zero attached hydrogens (tertiary/aromatic N) is 1. The number of hydrogen-bond donors (Lipinski definition) is 1. The largest absolute Gasteiger partial charge is 0.490 e. The van der Waals surface area contributed by atoms with Crippen molar-refractivity contribution in [2.24, 2.45) is 0 Å². The molecule has 2 fully saturated rings. The van der Waals surface area contributed by atoms with Gasteiger partial charge in [-0.1, -0.05) is 30.3 Å². The second kappa shape index (κ2) is 10.5. The van der Waals surface area contributed by atoms with E-state index in [0.717, 1.165) is 57.5 Å². The third-order valence-corrected chi connectivity index (χ3v) is 6.55. The van der Waals surface area contributed by atoms with Gasteiger partial charge < -0.3 is 19.7 Å². The lowest BCUT2D eigenvalue weighted by molar-refractivity contribution is -0.0615. The summed E-state index contributed by atoms with van der Waals surface area (Å²) in [6.07, 6.45) is 5.12. The van der Waals surface area contributed by atoms with Gasteiger partial charge in [0.05, 0.1) is 5.60 Å². The van der Waals surface area contributed by atoms with Crippen LogP contribution in [0.3, 0.4) is 0 Å². The molecule has 2 aliphatic heterocycles. The normalized spacial score (nSPS) is 21.8. The molecule has 1 amide bonds. The molecule has 5 heteroatoms. The van der Waals surface area contributed by atoms with E-state index in [1.54, 1.807) is 0 Å². The maximum Gasteiger partial charge on any atom is 0.251 e. The summed E-state index contributed by atoms with van der Waals surface area (Å²) >= 11 is 0. The van der Waals surface area contributed by atoms with Crippen molar-refractivity contribution in [1.82, 2.24) is 10.2 Å². The predicted molar refractivity (Wildman–Crippen MR) is 127 cm³/mol. The molecule has 1 N–H and O–H groups in total. The van der Waals surface area contributed by atoms with Gasteiger partial charge >= 0.3 is 0 Å². The highest BCUT2D eigenvalue weighted by Crippen LogP contribution is 2.24. The van der Waals surface area contributed by atoms with Gasteiger partial charge in [-0.15, -0.1) is 0 Å². The molecule has 2 aromatic carbocycles. The summed E-state index contributed by atoms with van der Waals surface area (Å²) in [6.45, 7) is 8.08. The molecule has 0 aromatic heterocycles. The van der Waals surface area contributed by atoms with E-state index in [1.807, 2.05) is 24.3 Å². The van der Waals surface area contributed by atoms with E-state index >= 15 is 0 Å². The number of likely N-dealkylation sites (tertiary alicyclic amines) is 1. The molecule has 172 valence electrons. The van der Waals surface area contributed by atoms with E-state index in [4.69, 9.17) is 9.47 Å². The van der Waals surface area contributed by atoms with Gasteiger partial charge in [0, 0.05) is 37.8 Å². The van der Waals surface area contributed by atoms with Crippen molar-refractivity contribution in [2.45, 2.75) is 63.7 Å². The summed E-state index contributed by atoms with van der Waals surface area (Å²) in [5.41, 5.74) is 1.90. The molecule has 5 nitrogen and oxygen atoms in total. The number of nitrogens with one attached hydrogen (secondary N) is 1. The molecule has 2 aliphatic rings. The average Bonchev–Trinajstić information content (AvgIpc) is 2.79. The molecular formula is C27H36N2O3. The summed E-state index contributed by atoms with van der Waals surface area (Å²) in [5, 5.41) is 3.15. The van der Waals surface area contributed by atoms with Crippen molar-refractivity contribution >= 4 is 5.91 Å². The monoisotopic (exact) mass is 436 g/mol. The van der Waals surface area contributed by atoms with Gasteiger partial charge in [0.2, 0.25) is 0 Å². The molecule has 0 bridgehead atoms. The van der Waals surface area contributed by atoms with Crippen LogP contribution in [0.2, 0.25) is 0 Å². The minimum atomic E-state index is -0.176. The van der Waals surface area contributed by atoms with Crippen molar-refractivity contribution in [2.75, 3.05) is 26.2 Å². The van der Waals surface area contributed by atoms with Crippen molar-refractivity contribution in [3.05, 3.63) is 65.7 Å². The molecule has 1 atom stereocenters. The number of rotatable bonds is 7. The zero-order valence-electron chi connectivity index (χ0n) is 19.4. The Morgan fingerprint density at radius 2 is 1.78 bits per heavy atom. The van der Waals surface area contributed by atoms with E-state index in [1.165, 1.54) is 5.56 Å². The molecule has 0 aliphatic carbocycles. The minimum absolute atomic E-state index is 0.0222. The Kier molecular flexibility index (Phi) is 7.48. The summed E-state index contributed by atoms with van der Waals surface area (Å²) in [6, 6.07) is 18.4.